The Bertz CT molecular complexity index is 1270. The molecule has 3 aromatic carbocycles. The summed E-state index contributed by atoms with van der Waals surface area (Å²) >= 11 is 0. The summed E-state index contributed by atoms with van der Waals surface area (Å²) in [7, 11) is -3.80. The molecule has 0 saturated heterocycles. The predicted molar refractivity (Wildman–Crippen MR) is 126 cm³/mol. The van der Waals surface area contributed by atoms with Crippen molar-refractivity contribution >= 4 is 33.3 Å². The number of amides is 1. The maximum Gasteiger partial charge on any atom is 0.338 e. The first-order valence-corrected chi connectivity index (χ1v) is 12.1. The molecule has 7 nitrogen and oxygen atoms in total. The van der Waals surface area contributed by atoms with Gasteiger partial charge >= 0.3 is 5.97 Å². The van der Waals surface area contributed by atoms with E-state index >= 15 is 0 Å². The van der Waals surface area contributed by atoms with Crippen molar-refractivity contribution in [1.82, 2.24) is 0 Å². The van der Waals surface area contributed by atoms with E-state index in [0.717, 1.165) is 29.7 Å². The lowest BCUT2D eigenvalue weighted by Crippen LogP contribution is -2.38. The largest absolute Gasteiger partial charge is 0.452 e. The second kappa shape index (κ2) is 9.46. The number of carbonyl (C=O) groups is 2. The maximum absolute atomic E-state index is 12.6. The van der Waals surface area contributed by atoms with Crippen LogP contribution >= 0.6 is 0 Å². The van der Waals surface area contributed by atoms with Crippen LogP contribution in [-0.4, -0.2) is 33.4 Å². The molecule has 0 unspecified atom stereocenters. The van der Waals surface area contributed by atoms with Crippen molar-refractivity contribution in [2.24, 2.45) is 0 Å². The zero-order valence-corrected chi connectivity index (χ0v) is 19.0. The van der Waals surface area contributed by atoms with Gasteiger partial charge < -0.3 is 9.64 Å². The Morgan fingerprint density at radius 2 is 1.67 bits per heavy atom. The maximum atomic E-state index is 12.6. The van der Waals surface area contributed by atoms with Crippen molar-refractivity contribution in [2.75, 3.05) is 22.8 Å². The zero-order valence-electron chi connectivity index (χ0n) is 18.2. The standard InChI is InChI=1S/C25H24N2O5S/c1-18-8-12-21(13-9-18)26-33(30,31)22-14-10-20(11-15-22)25(29)32-17-24(28)27-16-4-6-19-5-2-3-7-23(19)27/h2-3,5,7-15,26H,4,6,16-17H2,1H3. The SMILES string of the molecule is Cc1ccc(NS(=O)(=O)c2ccc(C(=O)OCC(=O)N3CCCc4ccccc43)cc2)cc1. The summed E-state index contributed by atoms with van der Waals surface area (Å²) in [5, 5.41) is 0. The van der Waals surface area contributed by atoms with Gasteiger partial charge in [-0.25, -0.2) is 13.2 Å². The van der Waals surface area contributed by atoms with E-state index < -0.39 is 16.0 Å². The molecule has 0 atom stereocenters. The minimum absolute atomic E-state index is 0.0145. The first-order chi connectivity index (χ1) is 15.8. The van der Waals surface area contributed by atoms with Crippen molar-refractivity contribution in [3.8, 4) is 0 Å². The highest BCUT2D eigenvalue weighted by Crippen LogP contribution is 2.26. The molecule has 1 amide bonds. The predicted octanol–water partition coefficient (Wildman–Crippen LogP) is 3.93. The number of hydrogen-bond acceptors (Lipinski definition) is 5. The van der Waals surface area contributed by atoms with Gasteiger partial charge in [-0.3, -0.25) is 9.52 Å². The number of aryl methyl sites for hydroxylation is 2. The number of fused-ring (bicyclic) bond motifs is 1. The Labute approximate surface area is 193 Å². The van der Waals surface area contributed by atoms with E-state index in [9.17, 15) is 18.0 Å². The van der Waals surface area contributed by atoms with Crippen molar-refractivity contribution in [2.45, 2.75) is 24.7 Å². The van der Waals surface area contributed by atoms with Crippen LogP contribution in [0, 0.1) is 6.92 Å². The van der Waals surface area contributed by atoms with Gasteiger partial charge in [0, 0.05) is 17.9 Å². The Hall–Kier alpha value is -3.65. The Balaban J connectivity index is 1.37. The second-order valence-electron chi connectivity index (χ2n) is 7.85. The van der Waals surface area contributed by atoms with Crippen LogP contribution in [0.2, 0.25) is 0 Å². The number of anilines is 2. The summed E-state index contributed by atoms with van der Waals surface area (Å²) < 4.78 is 32.9. The van der Waals surface area contributed by atoms with Crippen molar-refractivity contribution < 1.29 is 22.7 Å². The number of carbonyl (C=O) groups excluding carboxylic acids is 2. The van der Waals surface area contributed by atoms with Gasteiger partial charge in [0.1, 0.15) is 0 Å². The van der Waals surface area contributed by atoms with Crippen molar-refractivity contribution in [3.63, 3.8) is 0 Å². The summed E-state index contributed by atoms with van der Waals surface area (Å²) in [6.07, 6.45) is 1.76. The Kier molecular flexibility index (Phi) is 6.46. The molecule has 1 N–H and O–H groups in total. The van der Waals surface area contributed by atoms with Crippen LogP contribution in [0.3, 0.4) is 0 Å². The fourth-order valence-electron chi connectivity index (χ4n) is 3.69. The van der Waals surface area contributed by atoms with E-state index in [-0.39, 0.29) is 23.0 Å². The van der Waals surface area contributed by atoms with E-state index in [2.05, 4.69) is 4.72 Å². The lowest BCUT2D eigenvalue weighted by molar-refractivity contribution is -0.121. The van der Waals surface area contributed by atoms with Crippen LogP contribution in [0.1, 0.15) is 27.9 Å². The minimum atomic E-state index is -3.80. The van der Waals surface area contributed by atoms with E-state index in [1.54, 1.807) is 29.2 Å². The highest BCUT2D eigenvalue weighted by Gasteiger charge is 2.23. The minimum Gasteiger partial charge on any atom is -0.452 e. The lowest BCUT2D eigenvalue weighted by atomic mass is 10.0. The monoisotopic (exact) mass is 464 g/mol. The number of rotatable bonds is 6. The molecule has 0 aliphatic carbocycles. The van der Waals surface area contributed by atoms with Crippen LogP contribution in [0.4, 0.5) is 11.4 Å². The highest BCUT2D eigenvalue weighted by atomic mass is 32.2. The first kappa shape index (κ1) is 22.5. The van der Waals surface area contributed by atoms with Crippen LogP contribution in [0.25, 0.3) is 0 Å². The number of sulfonamides is 1. The van der Waals surface area contributed by atoms with Crippen LogP contribution in [0.5, 0.6) is 0 Å². The molecule has 8 heteroatoms. The number of hydrogen-bond donors (Lipinski definition) is 1. The number of nitrogens with zero attached hydrogens (tertiary/aromatic N) is 1. The quantitative estimate of drug-likeness (QED) is 0.558. The normalized spacial score (nSPS) is 13.2. The molecule has 1 aliphatic rings. The molecule has 0 radical (unpaired) electrons. The summed E-state index contributed by atoms with van der Waals surface area (Å²) in [5.41, 5.74) is 3.57. The van der Waals surface area contributed by atoms with Gasteiger partial charge in [0.2, 0.25) is 0 Å². The molecule has 3 aromatic rings. The van der Waals surface area contributed by atoms with E-state index in [1.807, 2.05) is 31.2 Å². The van der Waals surface area contributed by atoms with Gasteiger partial charge in [0.15, 0.2) is 6.61 Å². The number of benzene rings is 3. The molecule has 0 aromatic heterocycles. The summed E-state index contributed by atoms with van der Waals surface area (Å²) in [5.74, 6) is -0.985. The number of esters is 1. The number of ether oxygens (including phenoxy) is 1. The van der Waals surface area contributed by atoms with Gasteiger partial charge in [0.05, 0.1) is 10.5 Å². The van der Waals surface area contributed by atoms with Crippen LogP contribution < -0.4 is 9.62 Å². The number of para-hydroxylation sites is 1. The Morgan fingerprint density at radius 1 is 0.970 bits per heavy atom. The molecule has 0 bridgehead atoms. The van der Waals surface area contributed by atoms with Gasteiger partial charge in [-0.15, -0.1) is 0 Å². The second-order valence-corrected chi connectivity index (χ2v) is 9.53. The molecule has 0 saturated carbocycles. The van der Waals surface area contributed by atoms with E-state index in [1.165, 1.54) is 24.3 Å². The summed E-state index contributed by atoms with van der Waals surface area (Å²) in [6.45, 7) is 2.10. The Morgan fingerprint density at radius 3 is 2.39 bits per heavy atom. The van der Waals surface area contributed by atoms with E-state index in [0.29, 0.717) is 12.2 Å². The van der Waals surface area contributed by atoms with Crippen molar-refractivity contribution in [3.05, 3.63) is 89.5 Å². The third-order valence-corrected chi connectivity index (χ3v) is 6.84. The molecular formula is C25H24N2O5S. The van der Waals surface area contributed by atoms with Gasteiger partial charge in [0.25, 0.3) is 15.9 Å². The average molecular weight is 465 g/mol. The van der Waals surface area contributed by atoms with Gasteiger partial charge in [-0.2, -0.15) is 0 Å². The molecule has 1 aliphatic heterocycles. The lowest BCUT2D eigenvalue weighted by Gasteiger charge is -2.29. The summed E-state index contributed by atoms with van der Waals surface area (Å²) in [6, 6.07) is 20.0. The average Bonchev–Trinajstić information content (AvgIpc) is 2.83. The molecule has 0 fully saturated rings. The fraction of sp³-hybridized carbons (Fsp3) is 0.200. The molecule has 170 valence electrons. The van der Waals surface area contributed by atoms with Gasteiger partial charge in [-0.05, 0) is 67.8 Å². The number of nitrogens with one attached hydrogen (secondary N) is 1. The summed E-state index contributed by atoms with van der Waals surface area (Å²) in [4.78, 5) is 26.7. The molecule has 4 rings (SSSR count). The molecular weight excluding hydrogens is 440 g/mol. The third-order valence-electron chi connectivity index (χ3n) is 5.44. The first-order valence-electron chi connectivity index (χ1n) is 10.6. The zero-order chi connectivity index (χ0) is 23.4. The van der Waals surface area contributed by atoms with E-state index in [4.69, 9.17) is 4.74 Å². The topological polar surface area (TPSA) is 92.8 Å². The fourth-order valence-corrected chi connectivity index (χ4v) is 4.75. The smallest absolute Gasteiger partial charge is 0.338 e. The molecule has 0 spiro atoms. The molecule has 1 heterocycles. The molecule has 33 heavy (non-hydrogen) atoms. The van der Waals surface area contributed by atoms with Crippen LogP contribution in [-0.2, 0) is 26.0 Å². The third kappa shape index (κ3) is 5.23. The highest BCUT2D eigenvalue weighted by molar-refractivity contribution is 7.92. The van der Waals surface area contributed by atoms with Crippen molar-refractivity contribution in [1.29, 1.82) is 0 Å². The van der Waals surface area contributed by atoms with Crippen LogP contribution in [0.15, 0.2) is 77.7 Å². The van der Waals surface area contributed by atoms with Gasteiger partial charge in [-0.1, -0.05) is 35.9 Å².